The topological polar surface area (TPSA) is 39.1 Å². The van der Waals surface area contributed by atoms with E-state index in [4.69, 9.17) is 4.74 Å². The van der Waals surface area contributed by atoms with Crippen LogP contribution in [-0.2, 0) is 11.3 Å². The summed E-state index contributed by atoms with van der Waals surface area (Å²) in [7, 11) is 1.69. The zero-order chi connectivity index (χ0) is 9.52. The fraction of sp³-hybridized carbons (Fsp3) is 0.667. The van der Waals surface area contributed by atoms with E-state index in [0.29, 0.717) is 6.61 Å². The molecule has 74 valence electrons. The maximum atomic E-state index is 4.95. The van der Waals surface area contributed by atoms with Crippen LogP contribution in [0.4, 0.5) is 5.69 Å². The van der Waals surface area contributed by atoms with Crippen LogP contribution in [0.2, 0.25) is 0 Å². The standard InChI is InChI=1S/C9H17N3O/c1-3-4-10-9-7-11-12(8-9)5-6-13-2/h7-8,10H,3-6H2,1-2H3. The molecular formula is C9H17N3O. The first kappa shape index (κ1) is 10.1. The molecule has 0 bridgehead atoms. The molecule has 0 aliphatic heterocycles. The molecule has 1 aromatic heterocycles. The Labute approximate surface area is 78.9 Å². The number of rotatable bonds is 6. The number of hydrogen-bond donors (Lipinski definition) is 1. The van der Waals surface area contributed by atoms with E-state index in [1.807, 2.05) is 17.1 Å². The van der Waals surface area contributed by atoms with Gasteiger partial charge in [-0.05, 0) is 6.42 Å². The fourth-order valence-corrected chi connectivity index (χ4v) is 1.03. The van der Waals surface area contributed by atoms with E-state index in [2.05, 4.69) is 17.3 Å². The summed E-state index contributed by atoms with van der Waals surface area (Å²) >= 11 is 0. The number of ether oxygens (including phenoxy) is 1. The summed E-state index contributed by atoms with van der Waals surface area (Å²) in [6.07, 6.45) is 4.96. The highest BCUT2D eigenvalue weighted by atomic mass is 16.5. The molecule has 0 saturated carbocycles. The Bertz CT molecular complexity index is 212. The van der Waals surface area contributed by atoms with Crippen LogP contribution in [0.15, 0.2) is 12.4 Å². The molecule has 1 rings (SSSR count). The summed E-state index contributed by atoms with van der Waals surface area (Å²) in [6, 6.07) is 0. The van der Waals surface area contributed by atoms with Crippen molar-refractivity contribution >= 4 is 5.69 Å². The minimum atomic E-state index is 0.703. The maximum Gasteiger partial charge on any atom is 0.0726 e. The van der Waals surface area contributed by atoms with Crippen LogP contribution in [-0.4, -0.2) is 30.0 Å². The minimum absolute atomic E-state index is 0.703. The Hall–Kier alpha value is -1.03. The van der Waals surface area contributed by atoms with Crippen molar-refractivity contribution in [3.05, 3.63) is 12.4 Å². The molecule has 0 aliphatic rings. The molecule has 0 amide bonds. The molecule has 0 aromatic carbocycles. The lowest BCUT2D eigenvalue weighted by atomic mass is 10.4. The fourth-order valence-electron chi connectivity index (χ4n) is 1.03. The van der Waals surface area contributed by atoms with Crippen molar-refractivity contribution in [3.63, 3.8) is 0 Å². The van der Waals surface area contributed by atoms with Gasteiger partial charge in [-0.25, -0.2) is 0 Å². The smallest absolute Gasteiger partial charge is 0.0726 e. The van der Waals surface area contributed by atoms with Crippen LogP contribution in [0, 0.1) is 0 Å². The van der Waals surface area contributed by atoms with E-state index in [9.17, 15) is 0 Å². The minimum Gasteiger partial charge on any atom is -0.383 e. The largest absolute Gasteiger partial charge is 0.383 e. The van der Waals surface area contributed by atoms with E-state index in [1.54, 1.807) is 7.11 Å². The number of nitrogens with one attached hydrogen (secondary N) is 1. The number of nitrogens with zero attached hydrogens (tertiary/aromatic N) is 2. The number of hydrogen-bond acceptors (Lipinski definition) is 3. The highest BCUT2D eigenvalue weighted by molar-refractivity contribution is 5.37. The molecule has 4 nitrogen and oxygen atoms in total. The molecule has 0 saturated heterocycles. The number of anilines is 1. The lowest BCUT2D eigenvalue weighted by Crippen LogP contribution is -2.04. The van der Waals surface area contributed by atoms with Crippen molar-refractivity contribution in [1.82, 2.24) is 9.78 Å². The number of methoxy groups -OCH3 is 1. The van der Waals surface area contributed by atoms with Gasteiger partial charge in [-0.3, -0.25) is 4.68 Å². The predicted octanol–water partition coefficient (Wildman–Crippen LogP) is 1.35. The molecule has 1 heterocycles. The SMILES string of the molecule is CCCNc1cnn(CCOC)c1. The summed E-state index contributed by atoms with van der Waals surface area (Å²) in [5, 5.41) is 7.45. The summed E-state index contributed by atoms with van der Waals surface area (Å²) in [4.78, 5) is 0. The van der Waals surface area contributed by atoms with Crippen molar-refractivity contribution in [2.45, 2.75) is 19.9 Å². The second kappa shape index (κ2) is 5.59. The van der Waals surface area contributed by atoms with Crippen molar-refractivity contribution in [2.24, 2.45) is 0 Å². The van der Waals surface area contributed by atoms with Crippen LogP contribution < -0.4 is 5.32 Å². The second-order valence-corrected chi connectivity index (χ2v) is 2.91. The Morgan fingerprint density at radius 1 is 1.62 bits per heavy atom. The highest BCUT2D eigenvalue weighted by Crippen LogP contribution is 2.03. The highest BCUT2D eigenvalue weighted by Gasteiger charge is 1.95. The van der Waals surface area contributed by atoms with Gasteiger partial charge in [0.2, 0.25) is 0 Å². The van der Waals surface area contributed by atoms with Crippen LogP contribution in [0.5, 0.6) is 0 Å². The van der Waals surface area contributed by atoms with Gasteiger partial charge in [0.05, 0.1) is 25.0 Å². The van der Waals surface area contributed by atoms with Gasteiger partial charge in [0.1, 0.15) is 0 Å². The molecule has 0 spiro atoms. The Kier molecular flexibility index (Phi) is 4.32. The van der Waals surface area contributed by atoms with E-state index in [0.717, 1.165) is 25.2 Å². The molecule has 1 aromatic rings. The monoisotopic (exact) mass is 183 g/mol. The maximum absolute atomic E-state index is 4.95. The van der Waals surface area contributed by atoms with Gasteiger partial charge in [0.15, 0.2) is 0 Å². The van der Waals surface area contributed by atoms with Gasteiger partial charge in [-0.15, -0.1) is 0 Å². The Morgan fingerprint density at radius 2 is 2.46 bits per heavy atom. The third kappa shape index (κ3) is 3.46. The summed E-state index contributed by atoms with van der Waals surface area (Å²) < 4.78 is 6.83. The summed E-state index contributed by atoms with van der Waals surface area (Å²) in [5.41, 5.74) is 1.08. The molecule has 4 heteroatoms. The van der Waals surface area contributed by atoms with Crippen molar-refractivity contribution in [2.75, 3.05) is 25.6 Å². The van der Waals surface area contributed by atoms with Crippen LogP contribution >= 0.6 is 0 Å². The van der Waals surface area contributed by atoms with Crippen molar-refractivity contribution in [3.8, 4) is 0 Å². The average molecular weight is 183 g/mol. The van der Waals surface area contributed by atoms with Gasteiger partial charge >= 0.3 is 0 Å². The first-order valence-corrected chi connectivity index (χ1v) is 4.62. The van der Waals surface area contributed by atoms with Crippen molar-refractivity contribution < 1.29 is 4.74 Å². The van der Waals surface area contributed by atoms with Gasteiger partial charge in [0.25, 0.3) is 0 Å². The number of aromatic nitrogens is 2. The van der Waals surface area contributed by atoms with Gasteiger partial charge in [0, 0.05) is 19.9 Å². The van der Waals surface area contributed by atoms with Crippen molar-refractivity contribution in [1.29, 1.82) is 0 Å². The molecule has 0 aliphatic carbocycles. The molecular weight excluding hydrogens is 166 g/mol. The van der Waals surface area contributed by atoms with Crippen LogP contribution in [0.25, 0.3) is 0 Å². The molecule has 0 fully saturated rings. The molecule has 0 atom stereocenters. The summed E-state index contributed by atoms with van der Waals surface area (Å²) in [6.45, 7) is 4.65. The lowest BCUT2D eigenvalue weighted by molar-refractivity contribution is 0.183. The van der Waals surface area contributed by atoms with Crippen LogP contribution in [0.3, 0.4) is 0 Å². The Morgan fingerprint density at radius 3 is 3.15 bits per heavy atom. The third-order valence-electron chi connectivity index (χ3n) is 1.74. The normalized spacial score (nSPS) is 10.3. The zero-order valence-electron chi connectivity index (χ0n) is 8.29. The van der Waals surface area contributed by atoms with Gasteiger partial charge in [-0.2, -0.15) is 5.10 Å². The quantitative estimate of drug-likeness (QED) is 0.723. The average Bonchev–Trinajstić information content (AvgIpc) is 2.59. The lowest BCUT2D eigenvalue weighted by Gasteiger charge is -1.99. The van der Waals surface area contributed by atoms with E-state index >= 15 is 0 Å². The predicted molar refractivity (Wildman–Crippen MR) is 52.9 cm³/mol. The second-order valence-electron chi connectivity index (χ2n) is 2.91. The van der Waals surface area contributed by atoms with E-state index < -0.39 is 0 Å². The first-order valence-electron chi connectivity index (χ1n) is 4.62. The molecule has 0 radical (unpaired) electrons. The van der Waals surface area contributed by atoms with E-state index in [-0.39, 0.29) is 0 Å². The molecule has 0 unspecified atom stereocenters. The summed E-state index contributed by atoms with van der Waals surface area (Å²) in [5.74, 6) is 0. The molecule has 1 N–H and O–H groups in total. The van der Waals surface area contributed by atoms with Gasteiger partial charge in [-0.1, -0.05) is 6.92 Å². The first-order chi connectivity index (χ1) is 6.36. The molecule has 13 heavy (non-hydrogen) atoms. The Balaban J connectivity index is 2.34. The zero-order valence-corrected chi connectivity index (χ0v) is 8.29. The van der Waals surface area contributed by atoms with Gasteiger partial charge < -0.3 is 10.1 Å². The van der Waals surface area contributed by atoms with E-state index in [1.165, 1.54) is 0 Å². The van der Waals surface area contributed by atoms with Crippen LogP contribution in [0.1, 0.15) is 13.3 Å². The third-order valence-corrected chi connectivity index (χ3v) is 1.74.